The van der Waals surface area contributed by atoms with Gasteiger partial charge in [0.2, 0.25) is 0 Å². The molecular weight excluding hydrogens is 278 g/mol. The maximum absolute atomic E-state index is 12.3. The molecule has 0 saturated carbocycles. The molecule has 3 aromatic rings. The van der Waals surface area contributed by atoms with Gasteiger partial charge in [-0.1, -0.05) is 12.1 Å². The van der Waals surface area contributed by atoms with Crippen LogP contribution in [0.5, 0.6) is 0 Å². The van der Waals surface area contributed by atoms with Crippen LogP contribution in [0.2, 0.25) is 0 Å². The van der Waals surface area contributed by atoms with Crippen LogP contribution in [0.15, 0.2) is 47.7 Å². The molecule has 22 heavy (non-hydrogen) atoms. The normalized spacial score (nSPS) is 18.0. The lowest BCUT2D eigenvalue weighted by Crippen LogP contribution is -2.27. The van der Waals surface area contributed by atoms with Gasteiger partial charge in [0.05, 0.1) is 23.1 Å². The van der Waals surface area contributed by atoms with E-state index in [0.717, 1.165) is 30.7 Å². The molecule has 1 aliphatic rings. The Labute approximate surface area is 126 Å². The number of hydrogen-bond donors (Lipinski definition) is 1. The van der Waals surface area contributed by atoms with E-state index in [9.17, 15) is 4.79 Å². The average molecular weight is 293 g/mol. The standard InChI is InChI=1S/C16H15N5O/c22-16-11-4-1-2-5-12(11)19-15(20-16)13-6-3-9-21(13)14-10-17-7-8-18-14/h1-2,4-5,7-8,10,13H,3,6,9H2,(H,19,20,22). The van der Waals surface area contributed by atoms with Gasteiger partial charge in [0.1, 0.15) is 11.6 Å². The fourth-order valence-electron chi connectivity index (χ4n) is 3.03. The highest BCUT2D eigenvalue weighted by molar-refractivity contribution is 5.77. The summed E-state index contributed by atoms with van der Waals surface area (Å²) < 4.78 is 0. The number of fused-ring (bicyclic) bond motifs is 1. The van der Waals surface area contributed by atoms with Crippen LogP contribution in [0.1, 0.15) is 24.7 Å². The van der Waals surface area contributed by atoms with Crippen molar-refractivity contribution in [2.45, 2.75) is 18.9 Å². The van der Waals surface area contributed by atoms with Gasteiger partial charge in [-0.3, -0.25) is 9.78 Å². The number of nitrogens with one attached hydrogen (secondary N) is 1. The van der Waals surface area contributed by atoms with E-state index >= 15 is 0 Å². The minimum atomic E-state index is -0.0911. The first-order valence-electron chi connectivity index (χ1n) is 7.34. The zero-order valence-electron chi connectivity index (χ0n) is 11.9. The second-order valence-electron chi connectivity index (χ2n) is 5.38. The van der Waals surface area contributed by atoms with Crippen molar-refractivity contribution in [3.05, 3.63) is 59.0 Å². The first-order valence-corrected chi connectivity index (χ1v) is 7.34. The molecule has 0 radical (unpaired) electrons. The highest BCUT2D eigenvalue weighted by Crippen LogP contribution is 2.32. The predicted molar refractivity (Wildman–Crippen MR) is 83.7 cm³/mol. The number of nitrogens with zero attached hydrogens (tertiary/aromatic N) is 4. The smallest absolute Gasteiger partial charge is 0.258 e. The molecule has 0 aliphatic carbocycles. The van der Waals surface area contributed by atoms with Crippen LogP contribution in [-0.2, 0) is 0 Å². The Morgan fingerprint density at radius 3 is 3.00 bits per heavy atom. The Morgan fingerprint density at radius 2 is 2.14 bits per heavy atom. The monoisotopic (exact) mass is 293 g/mol. The summed E-state index contributed by atoms with van der Waals surface area (Å²) >= 11 is 0. The number of aromatic nitrogens is 4. The predicted octanol–water partition coefficient (Wildman–Crippen LogP) is 2.05. The van der Waals surface area contributed by atoms with Crippen LogP contribution in [-0.4, -0.2) is 26.5 Å². The number of aromatic amines is 1. The van der Waals surface area contributed by atoms with Crippen molar-refractivity contribution in [3.8, 4) is 0 Å². The van der Waals surface area contributed by atoms with Crippen molar-refractivity contribution in [2.24, 2.45) is 0 Å². The Morgan fingerprint density at radius 1 is 1.23 bits per heavy atom. The molecule has 1 unspecified atom stereocenters. The van der Waals surface area contributed by atoms with Crippen molar-refractivity contribution in [1.29, 1.82) is 0 Å². The fourth-order valence-corrected chi connectivity index (χ4v) is 3.03. The molecule has 4 rings (SSSR count). The third kappa shape index (κ3) is 2.13. The minimum absolute atomic E-state index is 0.0361. The lowest BCUT2D eigenvalue weighted by atomic mass is 10.2. The molecule has 6 nitrogen and oxygen atoms in total. The summed E-state index contributed by atoms with van der Waals surface area (Å²) in [4.78, 5) is 30.5. The highest BCUT2D eigenvalue weighted by atomic mass is 16.1. The molecule has 2 aromatic heterocycles. The molecule has 110 valence electrons. The van der Waals surface area contributed by atoms with Crippen LogP contribution in [0.3, 0.4) is 0 Å². The van der Waals surface area contributed by atoms with E-state index in [2.05, 4.69) is 24.8 Å². The summed E-state index contributed by atoms with van der Waals surface area (Å²) in [7, 11) is 0. The molecule has 1 fully saturated rings. The van der Waals surface area contributed by atoms with Gasteiger partial charge in [0, 0.05) is 18.9 Å². The van der Waals surface area contributed by atoms with E-state index in [4.69, 9.17) is 0 Å². The van der Waals surface area contributed by atoms with Gasteiger partial charge >= 0.3 is 0 Å². The number of H-pyrrole nitrogens is 1. The van der Waals surface area contributed by atoms with Gasteiger partial charge in [-0.2, -0.15) is 0 Å². The van der Waals surface area contributed by atoms with Crippen LogP contribution in [0.4, 0.5) is 5.82 Å². The average Bonchev–Trinajstić information content (AvgIpc) is 3.05. The number of rotatable bonds is 2. The maximum atomic E-state index is 12.3. The second-order valence-corrected chi connectivity index (χ2v) is 5.38. The van der Waals surface area contributed by atoms with E-state index < -0.39 is 0 Å². The third-order valence-electron chi connectivity index (χ3n) is 4.04. The Balaban J connectivity index is 1.79. The SMILES string of the molecule is O=c1[nH]c(C2CCCN2c2cnccn2)nc2ccccc12. The first kappa shape index (κ1) is 12.9. The van der Waals surface area contributed by atoms with Gasteiger partial charge in [-0.15, -0.1) is 0 Å². The Bertz CT molecular complexity index is 861. The van der Waals surface area contributed by atoms with Crippen molar-refractivity contribution in [1.82, 2.24) is 19.9 Å². The zero-order chi connectivity index (χ0) is 14.9. The van der Waals surface area contributed by atoms with E-state index in [0.29, 0.717) is 11.2 Å². The second kappa shape index (κ2) is 5.22. The highest BCUT2D eigenvalue weighted by Gasteiger charge is 2.29. The van der Waals surface area contributed by atoms with Gasteiger partial charge in [-0.25, -0.2) is 9.97 Å². The van der Waals surface area contributed by atoms with Crippen LogP contribution in [0, 0.1) is 0 Å². The largest absolute Gasteiger partial charge is 0.345 e. The lowest BCUT2D eigenvalue weighted by molar-refractivity contribution is 0.660. The van der Waals surface area contributed by atoms with Crippen LogP contribution >= 0.6 is 0 Å². The molecule has 1 N–H and O–H groups in total. The molecular formula is C16H15N5O. The lowest BCUT2D eigenvalue weighted by Gasteiger charge is -2.24. The van der Waals surface area contributed by atoms with Gasteiger partial charge in [-0.05, 0) is 25.0 Å². The number of benzene rings is 1. The minimum Gasteiger partial charge on any atom is -0.345 e. The molecule has 1 saturated heterocycles. The van der Waals surface area contributed by atoms with E-state index in [1.54, 1.807) is 24.7 Å². The van der Waals surface area contributed by atoms with Crippen molar-refractivity contribution >= 4 is 16.7 Å². The molecule has 1 aliphatic heterocycles. The van der Waals surface area contributed by atoms with E-state index in [-0.39, 0.29) is 11.6 Å². The first-order chi connectivity index (χ1) is 10.8. The van der Waals surface area contributed by atoms with Crippen molar-refractivity contribution in [3.63, 3.8) is 0 Å². The van der Waals surface area contributed by atoms with Gasteiger partial charge in [0.25, 0.3) is 5.56 Å². The maximum Gasteiger partial charge on any atom is 0.258 e. The summed E-state index contributed by atoms with van der Waals surface area (Å²) in [6.45, 7) is 0.889. The zero-order valence-corrected chi connectivity index (χ0v) is 11.9. The van der Waals surface area contributed by atoms with Gasteiger partial charge in [0.15, 0.2) is 0 Å². The molecule has 0 spiro atoms. The van der Waals surface area contributed by atoms with Crippen LogP contribution < -0.4 is 10.5 Å². The fraction of sp³-hybridized carbons (Fsp3) is 0.250. The topological polar surface area (TPSA) is 74.8 Å². The summed E-state index contributed by atoms with van der Waals surface area (Å²) in [6.07, 6.45) is 7.07. The van der Waals surface area contributed by atoms with Crippen molar-refractivity contribution < 1.29 is 0 Å². The summed E-state index contributed by atoms with van der Waals surface area (Å²) in [6, 6.07) is 7.44. The van der Waals surface area contributed by atoms with E-state index in [1.807, 2.05) is 18.2 Å². The summed E-state index contributed by atoms with van der Waals surface area (Å²) in [5.41, 5.74) is 0.638. The van der Waals surface area contributed by atoms with Crippen molar-refractivity contribution in [2.75, 3.05) is 11.4 Å². The summed E-state index contributed by atoms with van der Waals surface area (Å²) in [5.74, 6) is 1.52. The summed E-state index contributed by atoms with van der Waals surface area (Å²) in [5, 5.41) is 0.621. The molecule has 1 atom stereocenters. The number of hydrogen-bond acceptors (Lipinski definition) is 5. The van der Waals surface area contributed by atoms with Crippen LogP contribution in [0.25, 0.3) is 10.9 Å². The molecule has 0 bridgehead atoms. The Kier molecular flexibility index (Phi) is 3.07. The van der Waals surface area contributed by atoms with E-state index in [1.165, 1.54) is 0 Å². The molecule has 1 aromatic carbocycles. The molecule has 3 heterocycles. The molecule has 6 heteroatoms. The Hall–Kier alpha value is -2.76. The van der Waals surface area contributed by atoms with Gasteiger partial charge < -0.3 is 9.88 Å². The quantitative estimate of drug-likeness (QED) is 0.782. The number of anilines is 1. The third-order valence-corrected chi connectivity index (χ3v) is 4.04. The number of para-hydroxylation sites is 1. The molecule has 0 amide bonds.